The molecule has 1 N–H and O–H groups in total. The maximum Gasteiger partial charge on any atom is 0.325 e. The zero-order valence-electron chi connectivity index (χ0n) is 11.1. The van der Waals surface area contributed by atoms with E-state index in [1.807, 2.05) is 0 Å². The molecule has 0 atom stereocenters. The number of phenolic OH excluding ortho intramolecular Hbond substituents is 1. The van der Waals surface area contributed by atoms with Gasteiger partial charge in [-0.05, 0) is 45.9 Å². The molecule has 2 amide bonds. The maximum absolute atomic E-state index is 12.2. The molecule has 1 aromatic carbocycles. The average Bonchev–Trinajstić information content (AvgIpc) is 2.71. The molecule has 0 aliphatic carbocycles. The lowest BCUT2D eigenvalue weighted by Gasteiger charge is -2.09. The predicted octanol–water partition coefficient (Wildman–Crippen LogP) is 3.13. The zero-order valence-corrected chi connectivity index (χ0v) is 15.1. The monoisotopic (exact) mass is 449 g/mol. The third-order valence-corrected chi connectivity index (χ3v) is 4.70. The summed E-state index contributed by atoms with van der Waals surface area (Å²) in [5.74, 6) is -1.34. The van der Waals surface area contributed by atoms with E-state index >= 15 is 0 Å². The Morgan fingerprint density at radius 1 is 1.41 bits per heavy atom. The molecule has 0 unspecified atom stereocenters. The van der Waals surface area contributed by atoms with Crippen molar-refractivity contribution in [1.82, 2.24) is 4.90 Å². The summed E-state index contributed by atoms with van der Waals surface area (Å²) in [5, 5.41) is 9.42. The van der Waals surface area contributed by atoms with Gasteiger partial charge >= 0.3 is 5.97 Å². The van der Waals surface area contributed by atoms with E-state index in [2.05, 4.69) is 36.6 Å². The maximum atomic E-state index is 12.2. The molecule has 0 spiro atoms. The van der Waals surface area contributed by atoms with Gasteiger partial charge in [0, 0.05) is 10.0 Å². The Kier molecular flexibility index (Phi) is 5.30. The van der Waals surface area contributed by atoms with E-state index < -0.39 is 23.7 Å². The van der Waals surface area contributed by atoms with Crippen LogP contribution in [0.4, 0.5) is 4.79 Å². The molecule has 1 aliphatic rings. The summed E-state index contributed by atoms with van der Waals surface area (Å²) in [6.07, 6.45) is 1.40. The van der Waals surface area contributed by atoms with E-state index in [4.69, 9.17) is 0 Å². The van der Waals surface area contributed by atoms with E-state index in [1.165, 1.54) is 13.2 Å². The molecular weight excluding hydrogens is 442 g/mol. The summed E-state index contributed by atoms with van der Waals surface area (Å²) in [6.45, 7) is -0.438. The van der Waals surface area contributed by atoms with Crippen LogP contribution in [0.5, 0.6) is 5.75 Å². The number of hydrogen-bond donors (Lipinski definition) is 1. The molecule has 22 heavy (non-hydrogen) atoms. The second-order valence-corrected chi connectivity index (χ2v) is 6.93. The summed E-state index contributed by atoms with van der Waals surface area (Å²) in [6, 6.07) is 3.25. The van der Waals surface area contributed by atoms with E-state index in [1.54, 1.807) is 12.1 Å². The highest BCUT2D eigenvalue weighted by molar-refractivity contribution is 9.11. The highest BCUT2D eigenvalue weighted by Gasteiger charge is 2.36. The number of amides is 2. The molecule has 0 saturated carbocycles. The number of halogens is 2. The van der Waals surface area contributed by atoms with Crippen molar-refractivity contribution in [2.24, 2.45) is 0 Å². The number of thioether (sulfide) groups is 1. The number of esters is 1. The van der Waals surface area contributed by atoms with Gasteiger partial charge in [-0.3, -0.25) is 19.3 Å². The molecule has 1 aromatic rings. The largest absolute Gasteiger partial charge is 0.506 e. The van der Waals surface area contributed by atoms with Crippen LogP contribution < -0.4 is 0 Å². The van der Waals surface area contributed by atoms with E-state index in [0.717, 1.165) is 4.90 Å². The first-order valence-electron chi connectivity index (χ1n) is 5.83. The van der Waals surface area contributed by atoms with Crippen LogP contribution in [0.1, 0.15) is 5.56 Å². The van der Waals surface area contributed by atoms with Crippen molar-refractivity contribution in [3.63, 3.8) is 0 Å². The van der Waals surface area contributed by atoms with Gasteiger partial charge in [0.05, 0.1) is 16.5 Å². The van der Waals surface area contributed by atoms with Gasteiger partial charge in [0.1, 0.15) is 12.3 Å². The van der Waals surface area contributed by atoms with Gasteiger partial charge in [-0.1, -0.05) is 15.9 Å². The van der Waals surface area contributed by atoms with Crippen LogP contribution in [0.15, 0.2) is 26.0 Å². The summed E-state index contributed by atoms with van der Waals surface area (Å²) >= 11 is 7.16. The number of phenols is 1. The number of nitrogens with zero attached hydrogens (tertiary/aromatic N) is 1. The number of hydrogen-bond acceptors (Lipinski definition) is 6. The van der Waals surface area contributed by atoms with Crippen LogP contribution in [0.2, 0.25) is 0 Å². The summed E-state index contributed by atoms with van der Waals surface area (Å²) in [4.78, 5) is 36.1. The summed E-state index contributed by atoms with van der Waals surface area (Å²) < 4.78 is 5.58. The van der Waals surface area contributed by atoms with Crippen molar-refractivity contribution >= 4 is 66.8 Å². The number of imide groups is 1. The van der Waals surface area contributed by atoms with Crippen molar-refractivity contribution in [2.75, 3.05) is 13.7 Å². The Balaban J connectivity index is 2.33. The SMILES string of the molecule is COC(=O)CN1C(=O)S/C(=C\c2cc(Br)cc(Br)c2O)C1=O. The van der Waals surface area contributed by atoms with E-state index in [0.29, 0.717) is 26.3 Å². The number of methoxy groups -OCH3 is 1. The zero-order chi connectivity index (χ0) is 16.4. The van der Waals surface area contributed by atoms with Crippen molar-refractivity contribution in [1.29, 1.82) is 0 Å². The van der Waals surface area contributed by atoms with Crippen LogP contribution in [-0.4, -0.2) is 40.8 Å². The third kappa shape index (κ3) is 3.53. The third-order valence-electron chi connectivity index (χ3n) is 2.73. The van der Waals surface area contributed by atoms with Crippen LogP contribution >= 0.6 is 43.6 Å². The molecule has 0 aromatic heterocycles. The first kappa shape index (κ1) is 17.0. The van der Waals surface area contributed by atoms with Crippen LogP contribution in [-0.2, 0) is 14.3 Å². The van der Waals surface area contributed by atoms with Gasteiger partial charge in [-0.15, -0.1) is 0 Å². The minimum Gasteiger partial charge on any atom is -0.506 e. The van der Waals surface area contributed by atoms with Gasteiger partial charge in [0.25, 0.3) is 11.1 Å². The molecule has 0 bridgehead atoms. The fourth-order valence-electron chi connectivity index (χ4n) is 1.67. The Morgan fingerprint density at radius 3 is 2.73 bits per heavy atom. The highest BCUT2D eigenvalue weighted by Crippen LogP contribution is 2.37. The molecule has 1 fully saturated rings. The minimum absolute atomic E-state index is 0.0528. The molecule has 1 heterocycles. The Hall–Kier alpha value is -1.32. The van der Waals surface area contributed by atoms with Crippen molar-refractivity contribution in [3.05, 3.63) is 31.5 Å². The molecule has 9 heteroatoms. The highest BCUT2D eigenvalue weighted by atomic mass is 79.9. The topological polar surface area (TPSA) is 83.9 Å². The predicted molar refractivity (Wildman–Crippen MR) is 88.2 cm³/mol. The lowest BCUT2D eigenvalue weighted by atomic mass is 10.2. The number of rotatable bonds is 3. The first-order chi connectivity index (χ1) is 10.3. The summed E-state index contributed by atoms with van der Waals surface area (Å²) in [5.41, 5.74) is 0.366. The van der Waals surface area contributed by atoms with Crippen molar-refractivity contribution in [3.8, 4) is 5.75 Å². The van der Waals surface area contributed by atoms with Crippen LogP contribution in [0.3, 0.4) is 0 Å². The second-order valence-electron chi connectivity index (χ2n) is 4.17. The molecule has 2 rings (SSSR count). The lowest BCUT2D eigenvalue weighted by molar-refractivity contribution is -0.143. The Labute approximate surface area is 146 Å². The number of carbonyl (C=O) groups is 3. The summed E-state index contributed by atoms with van der Waals surface area (Å²) in [7, 11) is 1.17. The average molecular weight is 451 g/mol. The number of benzene rings is 1. The van der Waals surface area contributed by atoms with Gasteiger partial charge < -0.3 is 9.84 Å². The van der Waals surface area contributed by atoms with Gasteiger partial charge in [0.2, 0.25) is 0 Å². The van der Waals surface area contributed by atoms with Crippen LogP contribution in [0.25, 0.3) is 6.08 Å². The number of carbonyl (C=O) groups excluding carboxylic acids is 3. The molecule has 6 nitrogen and oxygen atoms in total. The quantitative estimate of drug-likeness (QED) is 0.562. The smallest absolute Gasteiger partial charge is 0.325 e. The fourth-order valence-corrected chi connectivity index (χ4v) is 3.75. The number of ether oxygens (including phenoxy) is 1. The van der Waals surface area contributed by atoms with E-state index in [-0.39, 0.29) is 10.7 Å². The lowest BCUT2D eigenvalue weighted by Crippen LogP contribution is -2.34. The van der Waals surface area contributed by atoms with Gasteiger partial charge in [0.15, 0.2) is 0 Å². The Bertz CT molecular complexity index is 704. The minimum atomic E-state index is -0.684. The normalized spacial score (nSPS) is 16.5. The van der Waals surface area contributed by atoms with Gasteiger partial charge in [-0.25, -0.2) is 0 Å². The van der Waals surface area contributed by atoms with Crippen molar-refractivity contribution < 1.29 is 24.2 Å². The molecule has 1 saturated heterocycles. The van der Waals surface area contributed by atoms with Crippen molar-refractivity contribution in [2.45, 2.75) is 0 Å². The first-order valence-corrected chi connectivity index (χ1v) is 8.24. The number of aromatic hydroxyl groups is 1. The molecule has 0 radical (unpaired) electrons. The fraction of sp³-hybridized carbons (Fsp3) is 0.154. The van der Waals surface area contributed by atoms with E-state index in [9.17, 15) is 19.5 Å². The molecule has 116 valence electrons. The standard InChI is InChI=1S/C13H9Br2NO5S/c1-21-10(17)5-16-12(19)9(22-13(16)20)3-6-2-7(14)4-8(15)11(6)18/h2-4,18H,5H2,1H3/b9-3-. The Morgan fingerprint density at radius 2 is 2.09 bits per heavy atom. The second kappa shape index (κ2) is 6.84. The van der Waals surface area contributed by atoms with Gasteiger partial charge in [-0.2, -0.15) is 0 Å². The molecular formula is C13H9Br2NO5S. The molecule has 1 aliphatic heterocycles. The van der Waals surface area contributed by atoms with Crippen LogP contribution in [0, 0.1) is 0 Å².